The van der Waals surface area contributed by atoms with Crippen LogP contribution in [0.1, 0.15) is 19.3 Å². The molecule has 62 valence electrons. The molecule has 1 saturated heterocycles. The molecule has 0 aromatic carbocycles. The number of allylic oxidation sites excluding steroid dienone is 2. The third-order valence-electron chi connectivity index (χ3n) is 2.09. The number of thioether (sulfide) groups is 1. The molecule has 1 aliphatic heterocycles. The molecular weight excluding hydrogens is 152 g/mol. The quantitative estimate of drug-likeness (QED) is 0.581. The van der Waals surface area contributed by atoms with E-state index in [0.29, 0.717) is 0 Å². The fraction of sp³-hybridized carbons (Fsp3) is 0.600. The molecular formula is C10H16S. The van der Waals surface area contributed by atoms with Gasteiger partial charge in [0.25, 0.3) is 0 Å². The van der Waals surface area contributed by atoms with E-state index in [1.165, 1.54) is 25.0 Å². The molecule has 0 radical (unpaired) electrons. The third-order valence-corrected chi connectivity index (χ3v) is 3.61. The summed E-state index contributed by atoms with van der Waals surface area (Å²) in [6, 6.07) is 0. The molecule has 0 aliphatic carbocycles. The van der Waals surface area contributed by atoms with E-state index in [-0.39, 0.29) is 0 Å². The van der Waals surface area contributed by atoms with Crippen molar-refractivity contribution in [2.45, 2.75) is 24.5 Å². The minimum absolute atomic E-state index is 0.845. The number of hydrogen-bond donors (Lipinski definition) is 0. The lowest BCUT2D eigenvalue weighted by Crippen LogP contribution is -1.99. The van der Waals surface area contributed by atoms with Crippen molar-refractivity contribution in [2.75, 3.05) is 5.75 Å². The second-order valence-electron chi connectivity index (χ2n) is 3.11. The largest absolute Gasteiger partial charge is 0.158 e. The number of hydrogen-bond acceptors (Lipinski definition) is 1. The van der Waals surface area contributed by atoms with Gasteiger partial charge in [0.1, 0.15) is 0 Å². The molecule has 11 heavy (non-hydrogen) atoms. The van der Waals surface area contributed by atoms with Crippen LogP contribution in [-0.2, 0) is 0 Å². The van der Waals surface area contributed by atoms with Crippen molar-refractivity contribution >= 4 is 11.8 Å². The fourth-order valence-corrected chi connectivity index (χ4v) is 3.03. The van der Waals surface area contributed by atoms with Gasteiger partial charge in [0.15, 0.2) is 0 Å². The van der Waals surface area contributed by atoms with Gasteiger partial charge in [0.05, 0.1) is 0 Å². The molecule has 1 fully saturated rings. The molecule has 2 unspecified atom stereocenters. The lowest BCUT2D eigenvalue weighted by atomic mass is 10.0. The maximum atomic E-state index is 3.77. The molecule has 0 saturated carbocycles. The molecule has 0 amide bonds. The lowest BCUT2D eigenvalue weighted by Gasteiger charge is -2.04. The van der Waals surface area contributed by atoms with Crippen LogP contribution in [0.25, 0.3) is 0 Å². The van der Waals surface area contributed by atoms with Gasteiger partial charge in [-0.2, -0.15) is 11.8 Å². The van der Waals surface area contributed by atoms with E-state index >= 15 is 0 Å². The van der Waals surface area contributed by atoms with E-state index in [1.807, 2.05) is 12.2 Å². The van der Waals surface area contributed by atoms with Gasteiger partial charge >= 0.3 is 0 Å². The predicted molar refractivity (Wildman–Crippen MR) is 54.0 cm³/mol. The molecule has 1 rings (SSSR count). The zero-order valence-corrected chi connectivity index (χ0v) is 7.78. The van der Waals surface area contributed by atoms with Crippen LogP contribution in [-0.4, -0.2) is 11.0 Å². The second kappa shape index (κ2) is 4.66. The van der Waals surface area contributed by atoms with Crippen LogP contribution >= 0.6 is 11.8 Å². The molecule has 2 atom stereocenters. The summed E-state index contributed by atoms with van der Waals surface area (Å²) in [4.78, 5) is 0. The summed E-state index contributed by atoms with van der Waals surface area (Å²) < 4.78 is 0. The molecule has 0 nitrogen and oxygen atoms in total. The van der Waals surface area contributed by atoms with Crippen molar-refractivity contribution < 1.29 is 0 Å². The summed E-state index contributed by atoms with van der Waals surface area (Å²) in [7, 11) is 0. The maximum Gasteiger partial charge on any atom is 0.00845 e. The highest BCUT2D eigenvalue weighted by molar-refractivity contribution is 8.00. The summed E-state index contributed by atoms with van der Waals surface area (Å²) >= 11 is 2.10. The van der Waals surface area contributed by atoms with Crippen LogP contribution in [0, 0.1) is 5.92 Å². The average molecular weight is 168 g/mol. The molecule has 1 heterocycles. The maximum absolute atomic E-state index is 3.77. The summed E-state index contributed by atoms with van der Waals surface area (Å²) in [6.45, 7) is 7.53. The first-order valence-electron chi connectivity index (χ1n) is 4.20. The van der Waals surface area contributed by atoms with Crippen LogP contribution in [0.2, 0.25) is 0 Å². The lowest BCUT2D eigenvalue weighted by molar-refractivity contribution is 0.566. The average Bonchev–Trinajstić information content (AvgIpc) is 2.38. The molecule has 1 aliphatic rings. The van der Waals surface area contributed by atoms with Crippen LogP contribution in [0.5, 0.6) is 0 Å². The van der Waals surface area contributed by atoms with Gasteiger partial charge in [-0.15, -0.1) is 13.2 Å². The third kappa shape index (κ3) is 2.74. The van der Waals surface area contributed by atoms with Gasteiger partial charge in [0.2, 0.25) is 0 Å². The summed E-state index contributed by atoms with van der Waals surface area (Å²) in [6.07, 6.45) is 7.82. The topological polar surface area (TPSA) is 0 Å². The van der Waals surface area contributed by atoms with E-state index in [1.54, 1.807) is 0 Å². The van der Waals surface area contributed by atoms with Crippen molar-refractivity contribution in [3.8, 4) is 0 Å². The second-order valence-corrected chi connectivity index (χ2v) is 4.44. The van der Waals surface area contributed by atoms with Crippen LogP contribution in [0.3, 0.4) is 0 Å². The molecule has 1 heteroatoms. The van der Waals surface area contributed by atoms with Gasteiger partial charge < -0.3 is 0 Å². The van der Waals surface area contributed by atoms with Crippen LogP contribution in [0.15, 0.2) is 25.3 Å². The molecule has 0 spiro atoms. The van der Waals surface area contributed by atoms with E-state index in [0.717, 1.165) is 11.2 Å². The Balaban J connectivity index is 2.22. The summed E-state index contributed by atoms with van der Waals surface area (Å²) in [5.41, 5.74) is 0. The van der Waals surface area contributed by atoms with E-state index in [4.69, 9.17) is 0 Å². The predicted octanol–water partition coefficient (Wildman–Crippen LogP) is 3.26. The molecule has 0 bridgehead atoms. The normalized spacial score (nSPS) is 30.2. The first kappa shape index (κ1) is 8.92. The Morgan fingerprint density at radius 1 is 1.27 bits per heavy atom. The van der Waals surface area contributed by atoms with E-state index in [9.17, 15) is 0 Å². The smallest absolute Gasteiger partial charge is 0.00845 e. The first-order valence-corrected chi connectivity index (χ1v) is 5.25. The van der Waals surface area contributed by atoms with Crippen molar-refractivity contribution in [3.63, 3.8) is 0 Å². The molecule has 0 aromatic heterocycles. The van der Waals surface area contributed by atoms with Gasteiger partial charge in [-0.25, -0.2) is 0 Å². The van der Waals surface area contributed by atoms with Gasteiger partial charge in [-0.3, -0.25) is 0 Å². The standard InChI is InChI=1S/C10H16S/c1-3-5-9-7-10(6-4-2)11-8-9/h3-4,9-10H,1-2,5-8H2. The fourth-order valence-electron chi connectivity index (χ4n) is 1.53. The first-order chi connectivity index (χ1) is 5.36. The van der Waals surface area contributed by atoms with Crippen molar-refractivity contribution in [2.24, 2.45) is 5.92 Å². The molecule has 0 N–H and O–H groups in total. The SMILES string of the molecule is C=CCC1CSC(CC=C)C1. The highest BCUT2D eigenvalue weighted by atomic mass is 32.2. The van der Waals surface area contributed by atoms with Crippen molar-refractivity contribution in [1.82, 2.24) is 0 Å². The zero-order valence-electron chi connectivity index (χ0n) is 6.96. The van der Waals surface area contributed by atoms with Crippen LogP contribution < -0.4 is 0 Å². The van der Waals surface area contributed by atoms with Crippen molar-refractivity contribution in [3.05, 3.63) is 25.3 Å². The Morgan fingerprint density at radius 2 is 2.00 bits per heavy atom. The van der Waals surface area contributed by atoms with E-state index < -0.39 is 0 Å². The zero-order chi connectivity index (χ0) is 8.10. The van der Waals surface area contributed by atoms with Crippen molar-refractivity contribution in [1.29, 1.82) is 0 Å². The highest BCUT2D eigenvalue weighted by Crippen LogP contribution is 2.35. The molecule has 0 aromatic rings. The number of rotatable bonds is 4. The van der Waals surface area contributed by atoms with E-state index in [2.05, 4.69) is 24.9 Å². The van der Waals surface area contributed by atoms with Crippen LogP contribution in [0.4, 0.5) is 0 Å². The Bertz CT molecular complexity index is 124. The minimum atomic E-state index is 0.845. The monoisotopic (exact) mass is 168 g/mol. The Labute approximate surface area is 73.8 Å². The minimum Gasteiger partial charge on any atom is -0.158 e. The Kier molecular flexibility index (Phi) is 3.78. The highest BCUT2D eigenvalue weighted by Gasteiger charge is 2.22. The summed E-state index contributed by atoms with van der Waals surface area (Å²) in [5, 5.41) is 0.845. The van der Waals surface area contributed by atoms with Gasteiger partial charge in [-0.05, 0) is 30.9 Å². The van der Waals surface area contributed by atoms with Gasteiger partial charge in [-0.1, -0.05) is 12.2 Å². The van der Waals surface area contributed by atoms with Gasteiger partial charge in [0, 0.05) is 5.25 Å². The summed E-state index contributed by atoms with van der Waals surface area (Å²) in [5.74, 6) is 2.22. The Morgan fingerprint density at radius 3 is 2.64 bits per heavy atom. The Hall–Kier alpha value is -0.170.